The van der Waals surface area contributed by atoms with Crippen LogP contribution in [0.4, 0.5) is 8.78 Å². The summed E-state index contributed by atoms with van der Waals surface area (Å²) in [6, 6.07) is -1.74. The number of nitrogens with two attached hydrogens (primary N) is 2. The van der Waals surface area contributed by atoms with Gasteiger partial charge in [0.05, 0.1) is 87.1 Å². The number of aromatic hydroxyl groups is 1. The SMILES string of the molecule is CC(=O)N[C@@H](CC(C)C)C(=O)C(=O)[C@@H](NN[C@@H](Cc1ccc(F)c(F)c1)C(=O)N[C@]1(C)CCCCCC/C=C/CCC[C@@](C)(C(=O)N[C@@H](CO)C(=O)CN[C@@H](C)C(=O)CCN[C@@H](C)C(=O)CN)NC(=O)[C@H](CCC(C)C)NN[C@@H](CCC(N)=O)C(=O)CN[C@@H](C)C(=O)CC(=O)[C@H](Cc2c[nH]c3ccccc23)NN[C@@H](Cc2ccc(O)cc2)C(=O)N[C@@H](CCC(=O)O)C(=O)C1=O)[C@@H](C)O. The minimum Gasteiger partial charge on any atom is -0.508 e. The maximum absolute atomic E-state index is 15.6. The maximum atomic E-state index is 15.6. The molecule has 0 spiro atoms. The number of aliphatic carboxylic acids is 1. The number of hydrazine groups is 3. The number of aliphatic hydroxyl groups excluding tert-OH is 2. The minimum atomic E-state index is -2.34. The molecule has 4 aromatic rings. The number of hydrogen-bond acceptors (Lipinski definition) is 30. The zero-order chi connectivity index (χ0) is 99.0. The van der Waals surface area contributed by atoms with Gasteiger partial charge < -0.3 is 79.4 Å². The first-order chi connectivity index (χ1) is 62.8. The number of para-hydroxylation sites is 1. The summed E-state index contributed by atoms with van der Waals surface area (Å²) < 4.78 is 29.7. The molecule has 0 radical (unpaired) electrons. The Morgan fingerprint density at radius 1 is 0.624 bits per heavy atom. The van der Waals surface area contributed by atoms with E-state index in [9.17, 15) is 87.1 Å². The van der Waals surface area contributed by atoms with Crippen molar-refractivity contribution in [2.75, 3.05) is 32.8 Å². The van der Waals surface area contributed by atoms with Gasteiger partial charge in [0, 0.05) is 49.8 Å². The largest absolute Gasteiger partial charge is 0.508 e. The van der Waals surface area contributed by atoms with E-state index >= 15 is 23.6 Å². The lowest BCUT2D eigenvalue weighted by atomic mass is 9.84. The second kappa shape index (κ2) is 56.3. The van der Waals surface area contributed by atoms with Crippen molar-refractivity contribution in [3.05, 3.63) is 113 Å². The second-order valence-electron chi connectivity index (χ2n) is 35.5. The molecule has 15 atom stereocenters. The molecule has 1 aliphatic rings. The first kappa shape index (κ1) is 113. The number of carbonyl (C=O) groups is 17. The number of fused-ring (bicyclic) bond motifs is 1. The molecule has 2 heterocycles. The number of phenols is 1. The molecule has 5 rings (SSSR count). The van der Waals surface area contributed by atoms with Crippen LogP contribution in [-0.2, 0) is 101 Å². The third-order valence-corrected chi connectivity index (χ3v) is 23.2. The maximum Gasteiger partial charge on any atom is 0.303 e. The fraction of sp³-hybridized carbons (Fsp3) is 0.581. The average molecular weight is 1870 g/mol. The fourth-order valence-corrected chi connectivity index (χ4v) is 14.8. The van der Waals surface area contributed by atoms with Crippen molar-refractivity contribution in [1.29, 1.82) is 0 Å². The molecule has 0 saturated carbocycles. The van der Waals surface area contributed by atoms with Gasteiger partial charge in [0.2, 0.25) is 58.6 Å². The minimum absolute atomic E-state index is 0.0102. The Hall–Kier alpha value is -10.9. The van der Waals surface area contributed by atoms with Crippen molar-refractivity contribution in [2.24, 2.45) is 23.3 Å². The van der Waals surface area contributed by atoms with Crippen LogP contribution in [0, 0.1) is 23.5 Å². The number of carboxylic acids is 1. The number of aromatic nitrogens is 1. The number of carboxylic acid groups (broad SMARTS) is 1. The number of nitrogens with one attached hydrogen (secondary N) is 15. The highest BCUT2D eigenvalue weighted by atomic mass is 19.2. The highest BCUT2D eigenvalue weighted by molar-refractivity contribution is 6.43. The fourth-order valence-electron chi connectivity index (χ4n) is 14.8. The van der Waals surface area contributed by atoms with Gasteiger partial charge in [0.25, 0.3) is 0 Å². The van der Waals surface area contributed by atoms with Crippen LogP contribution in [0.3, 0.4) is 0 Å². The molecular formula is C93H137F2N17O21. The number of H-pyrrole nitrogens is 1. The molecule has 133 heavy (non-hydrogen) atoms. The van der Waals surface area contributed by atoms with E-state index in [2.05, 4.69) is 80.1 Å². The number of aliphatic hydroxyl groups is 2. The summed E-state index contributed by atoms with van der Waals surface area (Å²) in [7, 11) is 0. The van der Waals surface area contributed by atoms with E-state index < -0.39 is 234 Å². The molecule has 1 aromatic heterocycles. The van der Waals surface area contributed by atoms with Gasteiger partial charge in [0.1, 0.15) is 41.0 Å². The Morgan fingerprint density at radius 2 is 1.26 bits per heavy atom. The molecule has 38 nitrogen and oxygen atoms in total. The van der Waals surface area contributed by atoms with Crippen molar-refractivity contribution in [3.8, 4) is 5.75 Å². The first-order valence-electron chi connectivity index (χ1n) is 45.3. The highest BCUT2D eigenvalue weighted by Crippen LogP contribution is 2.26. The Kier molecular flexibility index (Phi) is 47.7. The summed E-state index contributed by atoms with van der Waals surface area (Å²) in [6.45, 7) is 14.5. The number of benzene rings is 3. The number of carbonyl (C=O) groups excluding carboxylic acids is 16. The summed E-state index contributed by atoms with van der Waals surface area (Å²) in [4.78, 5) is 243. The van der Waals surface area contributed by atoms with E-state index in [4.69, 9.17) is 11.5 Å². The predicted octanol–water partition coefficient (Wildman–Crippen LogP) is 1.33. The number of primary amides is 1. The quantitative estimate of drug-likeness (QED) is 0.0129. The number of allylic oxidation sites excluding steroid dienone is 2. The first-order valence-corrected chi connectivity index (χ1v) is 45.3. The van der Waals surface area contributed by atoms with Crippen molar-refractivity contribution in [3.63, 3.8) is 0 Å². The van der Waals surface area contributed by atoms with Crippen LogP contribution in [0.1, 0.15) is 208 Å². The van der Waals surface area contributed by atoms with Crippen molar-refractivity contribution in [2.45, 2.75) is 301 Å². The Balaban J connectivity index is 1.63. The van der Waals surface area contributed by atoms with E-state index in [0.29, 0.717) is 47.7 Å². The van der Waals surface area contributed by atoms with Crippen LogP contribution >= 0.6 is 0 Å². The molecule has 0 saturated heterocycles. The monoisotopic (exact) mass is 1870 g/mol. The number of rotatable bonds is 41. The van der Waals surface area contributed by atoms with Gasteiger partial charge >= 0.3 is 5.97 Å². The Bertz CT molecular complexity index is 4680. The summed E-state index contributed by atoms with van der Waals surface area (Å²) in [5.74, 6) is -18.7. The van der Waals surface area contributed by atoms with E-state index in [1.54, 1.807) is 51.2 Å². The van der Waals surface area contributed by atoms with Gasteiger partial charge in [-0.25, -0.2) is 41.3 Å². The zero-order valence-electron chi connectivity index (χ0n) is 77.8. The summed E-state index contributed by atoms with van der Waals surface area (Å²) >= 11 is 0. The molecule has 23 N–H and O–H groups in total. The van der Waals surface area contributed by atoms with E-state index in [1.165, 1.54) is 52.0 Å². The van der Waals surface area contributed by atoms with E-state index in [0.717, 1.165) is 32.0 Å². The third-order valence-electron chi connectivity index (χ3n) is 23.2. The number of phenolic OH excluding ortho intramolecular Hbond substituents is 1. The lowest BCUT2D eigenvalue weighted by Crippen LogP contribution is -2.65. The molecule has 0 fully saturated rings. The van der Waals surface area contributed by atoms with Crippen LogP contribution in [-0.4, -0.2) is 247 Å². The molecule has 0 unspecified atom stereocenters. The normalized spacial score (nSPS) is 22.3. The summed E-state index contributed by atoms with van der Waals surface area (Å²) in [6.07, 6.45) is 1.54. The van der Waals surface area contributed by atoms with Crippen molar-refractivity contribution < 1.29 is 111 Å². The molecule has 734 valence electrons. The molecule has 0 bridgehead atoms. The summed E-state index contributed by atoms with van der Waals surface area (Å²) in [5.41, 5.74) is 25.1. The van der Waals surface area contributed by atoms with Crippen LogP contribution in [0.5, 0.6) is 5.75 Å². The number of ketones is 10. The van der Waals surface area contributed by atoms with Crippen molar-refractivity contribution >= 4 is 110 Å². The van der Waals surface area contributed by atoms with Gasteiger partial charge in [-0.05, 0) is 190 Å². The van der Waals surface area contributed by atoms with Gasteiger partial charge in [-0.3, -0.25) is 81.5 Å². The van der Waals surface area contributed by atoms with E-state index in [1.807, 2.05) is 26.0 Å². The Morgan fingerprint density at radius 3 is 1.90 bits per heavy atom. The second-order valence-corrected chi connectivity index (χ2v) is 35.5. The van der Waals surface area contributed by atoms with Crippen LogP contribution in [0.15, 0.2) is 85.1 Å². The molecule has 6 amide bonds. The number of Topliss-reactive ketones (excluding diaryl/α,β-unsaturated/α-hetero) is 10. The topological polar surface area (TPSA) is 607 Å². The van der Waals surface area contributed by atoms with Crippen LogP contribution < -0.4 is 86.6 Å². The number of aromatic amines is 1. The number of halogens is 2. The lowest BCUT2D eigenvalue weighted by Gasteiger charge is -2.33. The van der Waals surface area contributed by atoms with Crippen molar-refractivity contribution in [1.82, 2.24) is 80.1 Å². The predicted molar refractivity (Wildman–Crippen MR) is 489 cm³/mol. The lowest BCUT2D eigenvalue weighted by molar-refractivity contribution is -0.145. The molecular weight excluding hydrogens is 1730 g/mol. The zero-order valence-corrected chi connectivity index (χ0v) is 77.8. The number of amides is 6. The highest BCUT2D eigenvalue weighted by Gasteiger charge is 2.45. The Labute approximate surface area is 773 Å². The molecule has 3 aromatic carbocycles. The average Bonchev–Trinajstić information content (AvgIpc) is 1.81. The summed E-state index contributed by atoms with van der Waals surface area (Å²) in [5, 5.41) is 64.6. The van der Waals surface area contributed by atoms with Gasteiger partial charge in [-0.2, -0.15) is 0 Å². The molecule has 1 aliphatic heterocycles. The molecule has 40 heteroatoms. The standard InChI is InChI=1S/C93H137F2N17O21/c1-52(2)25-32-69-89(131)106-93(11,91(133)104-74(51-113)80(122)50-99-54(5)75(117)37-40-98-56(7)78(120)47-96)39-22-18-16-14-12-13-15-17-21-38-92(10,105-90(132)73(44-60-28-31-64(94)65(95)42-60)111-112-83(57(8)114)86(128)84(126)71(41-53(3)4)102-58(9)115)87(129)85(127)68(34-36-82(124)125)103-88(130)72(43-59-26-29-62(116)30-27-59)110-109-70(45-61-48-101-66-24-20-19-23-63(61)66)77(119)46-76(118)55(6)100-49-79(121)67(107-108-69)33-35-81(97)123/h14,16,19-20,23-24,26-31,42,48,52-57,67-74,83,98-101,107-114,116H,12-13,15,17-18,21-22,25,32-41,43-47,49-51,96H2,1-11H3,(H2,97,123)(H,102,115)(H,103,130)(H,104,133)(H,105,132)(H,106,131)(H,124,125)/b16-14+/t54-,55-,56-,57+,67-,68-,69-,70-,71-,72-,73-,74-,83-,92+,93-/m0/s1. The van der Waals surface area contributed by atoms with Crippen LogP contribution in [0.2, 0.25) is 0 Å². The number of hydrogen-bond donors (Lipinski definition) is 21. The van der Waals surface area contributed by atoms with Gasteiger partial charge in [0.15, 0.2) is 46.3 Å². The molecule has 0 aliphatic carbocycles. The third kappa shape index (κ3) is 38.2. The van der Waals surface area contributed by atoms with Gasteiger partial charge in [-0.1, -0.05) is 95.5 Å². The smallest absolute Gasteiger partial charge is 0.303 e. The van der Waals surface area contributed by atoms with Gasteiger partial charge in [-0.15, -0.1) is 0 Å². The van der Waals surface area contributed by atoms with Crippen LogP contribution in [0.25, 0.3) is 10.9 Å². The van der Waals surface area contributed by atoms with E-state index in [-0.39, 0.29) is 131 Å².